The molecule has 0 amide bonds. The highest BCUT2D eigenvalue weighted by Crippen LogP contribution is 2.25. The quantitative estimate of drug-likeness (QED) is 0.755. The van der Waals surface area contributed by atoms with Gasteiger partial charge in [-0.3, -0.25) is 0 Å². The number of anilines is 2. The van der Waals surface area contributed by atoms with E-state index in [0.717, 1.165) is 17.4 Å². The second kappa shape index (κ2) is 4.31. The van der Waals surface area contributed by atoms with Gasteiger partial charge in [-0.25, -0.2) is 0 Å². The molecule has 1 heterocycles. The predicted molar refractivity (Wildman–Crippen MR) is 72.1 cm³/mol. The zero-order valence-electron chi connectivity index (χ0n) is 8.72. The molecule has 17 heavy (non-hydrogen) atoms. The Balaban J connectivity index is 1.99. The molecule has 0 saturated carbocycles. The van der Waals surface area contributed by atoms with Gasteiger partial charge < -0.3 is 5.32 Å². The van der Waals surface area contributed by atoms with Crippen LogP contribution in [-0.2, 0) is 0 Å². The van der Waals surface area contributed by atoms with Crippen molar-refractivity contribution in [2.75, 3.05) is 5.32 Å². The molecular formula is C12H8ClN3S. The first kappa shape index (κ1) is 10.5. The molecule has 3 rings (SSSR count). The van der Waals surface area contributed by atoms with Crippen molar-refractivity contribution in [2.45, 2.75) is 0 Å². The van der Waals surface area contributed by atoms with Crippen molar-refractivity contribution in [1.82, 2.24) is 8.75 Å². The minimum absolute atomic E-state index is 0.406. The van der Waals surface area contributed by atoms with Gasteiger partial charge in [0.05, 0.1) is 11.7 Å². The maximum Gasteiger partial charge on any atom is 0.187 e. The molecular weight excluding hydrogens is 254 g/mol. The summed E-state index contributed by atoms with van der Waals surface area (Å²) in [6.45, 7) is 0. The highest BCUT2D eigenvalue weighted by molar-refractivity contribution is 6.99. The molecule has 0 aliphatic carbocycles. The van der Waals surface area contributed by atoms with Gasteiger partial charge in [0.1, 0.15) is 0 Å². The van der Waals surface area contributed by atoms with Crippen LogP contribution in [-0.4, -0.2) is 8.75 Å². The van der Waals surface area contributed by atoms with Crippen LogP contribution in [0.1, 0.15) is 0 Å². The van der Waals surface area contributed by atoms with Crippen LogP contribution in [0.15, 0.2) is 42.5 Å². The Kier molecular flexibility index (Phi) is 2.66. The van der Waals surface area contributed by atoms with E-state index in [9.17, 15) is 0 Å². The topological polar surface area (TPSA) is 37.8 Å². The van der Waals surface area contributed by atoms with Crippen LogP contribution >= 0.6 is 23.3 Å². The van der Waals surface area contributed by atoms with E-state index in [-0.39, 0.29) is 0 Å². The van der Waals surface area contributed by atoms with Gasteiger partial charge in [-0.2, -0.15) is 8.75 Å². The summed E-state index contributed by atoms with van der Waals surface area (Å²) < 4.78 is 7.99. The van der Waals surface area contributed by atoms with E-state index < -0.39 is 0 Å². The molecule has 3 nitrogen and oxygen atoms in total. The van der Waals surface area contributed by atoms with Gasteiger partial charge in [0, 0.05) is 5.69 Å². The second-order valence-electron chi connectivity index (χ2n) is 3.59. The van der Waals surface area contributed by atoms with E-state index in [1.54, 1.807) is 0 Å². The number of aromatic nitrogens is 2. The Morgan fingerprint density at radius 2 is 1.82 bits per heavy atom. The molecule has 3 aromatic rings. The van der Waals surface area contributed by atoms with Gasteiger partial charge in [0.25, 0.3) is 0 Å². The van der Waals surface area contributed by atoms with Crippen molar-refractivity contribution in [3.8, 4) is 0 Å². The van der Waals surface area contributed by atoms with Gasteiger partial charge in [0.2, 0.25) is 0 Å². The number of fused-ring (bicyclic) bond motifs is 1. The molecule has 0 fully saturated rings. The van der Waals surface area contributed by atoms with E-state index in [2.05, 4.69) is 38.3 Å². The normalized spacial score (nSPS) is 10.6. The number of hydrogen-bond acceptors (Lipinski definition) is 4. The van der Waals surface area contributed by atoms with E-state index in [0.29, 0.717) is 11.0 Å². The zero-order valence-corrected chi connectivity index (χ0v) is 10.3. The molecule has 0 spiro atoms. The maximum atomic E-state index is 5.88. The molecule has 0 atom stereocenters. The molecule has 0 saturated heterocycles. The smallest absolute Gasteiger partial charge is 0.187 e. The van der Waals surface area contributed by atoms with Crippen molar-refractivity contribution in [2.24, 2.45) is 0 Å². The molecule has 84 valence electrons. The first-order valence-corrected chi connectivity index (χ1v) is 6.17. The molecule has 0 aliphatic rings. The Morgan fingerprint density at radius 3 is 2.59 bits per heavy atom. The van der Waals surface area contributed by atoms with Gasteiger partial charge in [-0.05, 0) is 22.9 Å². The summed E-state index contributed by atoms with van der Waals surface area (Å²) in [5.74, 6) is 0.604. The Bertz CT molecular complexity index is 665. The maximum absolute atomic E-state index is 5.88. The van der Waals surface area contributed by atoms with Crippen molar-refractivity contribution >= 4 is 45.6 Å². The van der Waals surface area contributed by atoms with Gasteiger partial charge in [-0.1, -0.05) is 41.9 Å². The van der Waals surface area contributed by atoms with Crippen molar-refractivity contribution in [1.29, 1.82) is 0 Å². The minimum Gasteiger partial charge on any atom is -0.337 e. The summed E-state index contributed by atoms with van der Waals surface area (Å²) in [5.41, 5.74) is 0.957. The third-order valence-electron chi connectivity index (χ3n) is 2.46. The van der Waals surface area contributed by atoms with Crippen LogP contribution in [0.5, 0.6) is 0 Å². The van der Waals surface area contributed by atoms with E-state index in [1.807, 2.05) is 18.2 Å². The molecule has 0 unspecified atom stereocenters. The molecule has 5 heteroatoms. The van der Waals surface area contributed by atoms with Crippen molar-refractivity contribution in [3.05, 3.63) is 47.6 Å². The van der Waals surface area contributed by atoms with E-state index in [4.69, 9.17) is 11.6 Å². The summed E-state index contributed by atoms with van der Waals surface area (Å²) in [6.07, 6.45) is 0. The standard InChI is InChI=1S/C12H8ClN3S/c13-11-12(16-17-15-11)14-10-6-5-8-3-1-2-4-9(8)7-10/h1-7H,(H,14,16). The largest absolute Gasteiger partial charge is 0.337 e. The molecule has 1 aromatic heterocycles. The van der Waals surface area contributed by atoms with Crippen LogP contribution in [0.3, 0.4) is 0 Å². The second-order valence-corrected chi connectivity index (χ2v) is 4.48. The Hall–Kier alpha value is -1.65. The number of halogens is 1. The minimum atomic E-state index is 0.406. The molecule has 0 bridgehead atoms. The van der Waals surface area contributed by atoms with Crippen molar-refractivity contribution in [3.63, 3.8) is 0 Å². The fourth-order valence-electron chi connectivity index (χ4n) is 1.66. The predicted octanol–water partition coefficient (Wildman–Crippen LogP) is 4.09. The lowest BCUT2D eigenvalue weighted by atomic mass is 10.1. The highest BCUT2D eigenvalue weighted by atomic mass is 35.5. The summed E-state index contributed by atoms with van der Waals surface area (Å²) >= 11 is 6.98. The van der Waals surface area contributed by atoms with E-state index in [1.165, 1.54) is 10.8 Å². The van der Waals surface area contributed by atoms with E-state index >= 15 is 0 Å². The summed E-state index contributed by atoms with van der Waals surface area (Å²) in [7, 11) is 0. The van der Waals surface area contributed by atoms with Gasteiger partial charge >= 0.3 is 0 Å². The first-order chi connectivity index (χ1) is 8.33. The fourth-order valence-corrected chi connectivity index (χ4v) is 2.30. The molecule has 0 radical (unpaired) electrons. The SMILES string of the molecule is Clc1nsnc1Nc1ccc2ccccc2c1. The highest BCUT2D eigenvalue weighted by Gasteiger charge is 2.05. The average molecular weight is 262 g/mol. The number of hydrogen-bond donors (Lipinski definition) is 1. The number of benzene rings is 2. The zero-order chi connectivity index (χ0) is 11.7. The van der Waals surface area contributed by atoms with Gasteiger partial charge in [0.15, 0.2) is 11.0 Å². The van der Waals surface area contributed by atoms with Gasteiger partial charge in [-0.15, -0.1) is 0 Å². The van der Waals surface area contributed by atoms with Crippen LogP contribution in [0, 0.1) is 0 Å². The Morgan fingerprint density at radius 1 is 1.00 bits per heavy atom. The lowest BCUT2D eigenvalue weighted by Crippen LogP contribution is -1.90. The summed E-state index contributed by atoms with van der Waals surface area (Å²) in [6, 6.07) is 14.3. The number of rotatable bonds is 2. The van der Waals surface area contributed by atoms with Crippen LogP contribution < -0.4 is 5.32 Å². The lowest BCUT2D eigenvalue weighted by molar-refractivity contribution is 1.45. The van der Waals surface area contributed by atoms with Crippen molar-refractivity contribution < 1.29 is 0 Å². The van der Waals surface area contributed by atoms with Crippen LogP contribution in [0.2, 0.25) is 5.15 Å². The Labute approximate surface area is 107 Å². The number of nitrogens with zero attached hydrogens (tertiary/aromatic N) is 2. The summed E-state index contributed by atoms with van der Waals surface area (Å²) in [5, 5.41) is 5.94. The molecule has 2 aromatic carbocycles. The summed E-state index contributed by atoms with van der Waals surface area (Å²) in [4.78, 5) is 0. The third-order valence-corrected chi connectivity index (χ3v) is 3.35. The molecule has 0 aliphatic heterocycles. The third kappa shape index (κ3) is 2.09. The number of nitrogens with one attached hydrogen (secondary N) is 1. The average Bonchev–Trinajstić information content (AvgIpc) is 2.75. The molecule has 1 N–H and O–H groups in total. The van der Waals surface area contributed by atoms with Crippen LogP contribution in [0.4, 0.5) is 11.5 Å². The fraction of sp³-hybridized carbons (Fsp3) is 0. The lowest BCUT2D eigenvalue weighted by Gasteiger charge is -2.04. The monoisotopic (exact) mass is 261 g/mol. The first-order valence-electron chi connectivity index (χ1n) is 5.07. The van der Waals surface area contributed by atoms with Crippen LogP contribution in [0.25, 0.3) is 10.8 Å².